The third-order valence-electron chi connectivity index (χ3n) is 3.61. The molecule has 4 nitrogen and oxygen atoms in total. The van der Waals surface area contributed by atoms with Crippen molar-refractivity contribution in [2.75, 3.05) is 37.7 Å². The van der Waals surface area contributed by atoms with Crippen LogP contribution in [-0.2, 0) is 9.84 Å². The molecule has 1 unspecified atom stereocenters. The molecule has 0 aromatic carbocycles. The van der Waals surface area contributed by atoms with Crippen LogP contribution >= 0.6 is 0 Å². The van der Waals surface area contributed by atoms with Gasteiger partial charge in [0.25, 0.3) is 0 Å². The van der Waals surface area contributed by atoms with Gasteiger partial charge in [0.15, 0.2) is 9.84 Å². The van der Waals surface area contributed by atoms with E-state index in [-0.39, 0.29) is 0 Å². The molecule has 0 spiro atoms. The summed E-state index contributed by atoms with van der Waals surface area (Å²) in [5.74, 6) is 0.688. The Bertz CT molecular complexity index is 317. The lowest BCUT2D eigenvalue weighted by atomic mass is 10.2. The summed E-state index contributed by atoms with van der Waals surface area (Å²) in [6.45, 7) is 8.04. The van der Waals surface area contributed by atoms with Gasteiger partial charge in [-0.25, -0.2) is 8.42 Å². The van der Waals surface area contributed by atoms with Crippen molar-refractivity contribution in [3.8, 4) is 0 Å². The highest BCUT2D eigenvalue weighted by molar-refractivity contribution is 7.91. The molecule has 0 amide bonds. The van der Waals surface area contributed by atoms with E-state index >= 15 is 0 Å². The fraction of sp³-hybridized carbons (Fsp3) is 1.00. The topological polar surface area (TPSA) is 49.4 Å². The zero-order valence-corrected chi connectivity index (χ0v) is 12.6. The normalized spacial score (nSPS) is 22.6. The first kappa shape index (κ1) is 15.9. The first-order chi connectivity index (χ1) is 8.55. The Labute approximate surface area is 112 Å². The molecule has 0 aliphatic carbocycles. The number of hydrogen-bond donors (Lipinski definition) is 1. The smallest absolute Gasteiger partial charge is 0.151 e. The summed E-state index contributed by atoms with van der Waals surface area (Å²) in [5.41, 5.74) is 0. The third kappa shape index (κ3) is 6.16. The molecule has 1 heterocycles. The number of nitrogens with one attached hydrogen (secondary N) is 1. The Hall–Kier alpha value is -0.130. The number of unbranched alkanes of at least 4 members (excludes halogenated alkanes) is 2. The van der Waals surface area contributed by atoms with Crippen molar-refractivity contribution in [3.63, 3.8) is 0 Å². The van der Waals surface area contributed by atoms with E-state index in [0.717, 1.165) is 26.1 Å². The van der Waals surface area contributed by atoms with Crippen molar-refractivity contribution in [1.29, 1.82) is 0 Å². The second-order valence-corrected chi connectivity index (χ2v) is 7.61. The van der Waals surface area contributed by atoms with Gasteiger partial charge in [0, 0.05) is 19.1 Å². The van der Waals surface area contributed by atoms with E-state index in [9.17, 15) is 8.42 Å². The van der Waals surface area contributed by atoms with Gasteiger partial charge < -0.3 is 5.32 Å². The Morgan fingerprint density at radius 1 is 1.22 bits per heavy atom. The van der Waals surface area contributed by atoms with Crippen molar-refractivity contribution in [1.82, 2.24) is 10.2 Å². The van der Waals surface area contributed by atoms with Crippen LogP contribution in [0.4, 0.5) is 0 Å². The fourth-order valence-corrected chi connectivity index (χ4v) is 3.62. The number of nitrogens with zero attached hydrogens (tertiary/aromatic N) is 1. The maximum atomic E-state index is 11.5. The molecule has 1 aliphatic heterocycles. The molecule has 0 radical (unpaired) electrons. The Morgan fingerprint density at radius 3 is 2.72 bits per heavy atom. The third-order valence-corrected chi connectivity index (χ3v) is 5.33. The molecular weight excluding hydrogens is 248 g/mol. The lowest BCUT2D eigenvalue weighted by molar-refractivity contribution is 0.220. The van der Waals surface area contributed by atoms with E-state index in [2.05, 4.69) is 24.1 Å². The minimum absolute atomic E-state index is 0.327. The zero-order valence-electron chi connectivity index (χ0n) is 11.8. The quantitative estimate of drug-likeness (QED) is 0.712. The van der Waals surface area contributed by atoms with Crippen LogP contribution in [0.25, 0.3) is 0 Å². The first-order valence-electron chi connectivity index (χ1n) is 7.20. The summed E-state index contributed by atoms with van der Waals surface area (Å²) < 4.78 is 23.1. The highest BCUT2D eigenvalue weighted by atomic mass is 32.2. The molecule has 1 rings (SSSR count). The largest absolute Gasteiger partial charge is 0.315 e. The van der Waals surface area contributed by atoms with Gasteiger partial charge in [-0.15, -0.1) is 0 Å². The average Bonchev–Trinajstić information content (AvgIpc) is 2.50. The summed E-state index contributed by atoms with van der Waals surface area (Å²) in [4.78, 5) is 2.30. The Kier molecular flexibility index (Phi) is 7.19. The van der Waals surface area contributed by atoms with Crippen LogP contribution in [0.2, 0.25) is 0 Å². The molecule has 108 valence electrons. The maximum Gasteiger partial charge on any atom is 0.151 e. The molecule has 1 atom stereocenters. The van der Waals surface area contributed by atoms with Crippen molar-refractivity contribution in [3.05, 3.63) is 0 Å². The number of sulfone groups is 1. The van der Waals surface area contributed by atoms with E-state index in [1.807, 2.05) is 0 Å². The molecule has 18 heavy (non-hydrogen) atoms. The number of rotatable bonds is 7. The van der Waals surface area contributed by atoms with E-state index in [0.29, 0.717) is 24.1 Å². The van der Waals surface area contributed by atoms with Crippen LogP contribution in [0.5, 0.6) is 0 Å². The van der Waals surface area contributed by atoms with Gasteiger partial charge in [-0.2, -0.15) is 0 Å². The summed E-state index contributed by atoms with van der Waals surface area (Å²) >= 11 is 0. The van der Waals surface area contributed by atoms with E-state index in [1.165, 1.54) is 19.3 Å². The monoisotopic (exact) mass is 276 g/mol. The Morgan fingerprint density at radius 2 is 2.00 bits per heavy atom. The molecule has 0 aromatic heterocycles. The SMILES string of the molecule is CCCCCNCC(C)N1CCCS(=O)(=O)CC1. The Balaban J connectivity index is 2.22. The molecule has 0 aromatic rings. The highest BCUT2D eigenvalue weighted by Crippen LogP contribution is 2.08. The zero-order chi connectivity index (χ0) is 13.4. The van der Waals surface area contributed by atoms with Gasteiger partial charge in [0.2, 0.25) is 0 Å². The summed E-state index contributed by atoms with van der Waals surface area (Å²) in [6.07, 6.45) is 4.55. The van der Waals surface area contributed by atoms with E-state index in [1.54, 1.807) is 0 Å². The summed E-state index contributed by atoms with van der Waals surface area (Å²) in [7, 11) is -2.78. The predicted molar refractivity (Wildman–Crippen MR) is 76.7 cm³/mol. The van der Waals surface area contributed by atoms with Gasteiger partial charge in [-0.05, 0) is 32.9 Å². The van der Waals surface area contributed by atoms with Gasteiger partial charge in [0.1, 0.15) is 0 Å². The van der Waals surface area contributed by atoms with Gasteiger partial charge in [-0.1, -0.05) is 19.8 Å². The maximum absolute atomic E-state index is 11.5. The first-order valence-corrected chi connectivity index (χ1v) is 9.02. The standard InChI is InChI=1S/C13H28N2O2S/c1-3-4-5-7-14-12-13(2)15-8-6-10-18(16,17)11-9-15/h13-14H,3-12H2,1-2H3. The van der Waals surface area contributed by atoms with E-state index in [4.69, 9.17) is 0 Å². The summed E-state index contributed by atoms with van der Waals surface area (Å²) in [6, 6.07) is 0.430. The lowest BCUT2D eigenvalue weighted by Gasteiger charge is -2.27. The van der Waals surface area contributed by atoms with Crippen LogP contribution in [0.1, 0.15) is 39.5 Å². The van der Waals surface area contributed by atoms with E-state index < -0.39 is 9.84 Å². The minimum Gasteiger partial charge on any atom is -0.315 e. The molecular formula is C13H28N2O2S. The highest BCUT2D eigenvalue weighted by Gasteiger charge is 2.21. The van der Waals surface area contributed by atoms with Crippen LogP contribution in [0.3, 0.4) is 0 Å². The van der Waals surface area contributed by atoms with Crippen LogP contribution in [-0.4, -0.2) is 57.0 Å². The van der Waals surface area contributed by atoms with Gasteiger partial charge in [0.05, 0.1) is 11.5 Å². The van der Waals surface area contributed by atoms with Crippen molar-refractivity contribution >= 4 is 9.84 Å². The van der Waals surface area contributed by atoms with Crippen molar-refractivity contribution in [2.24, 2.45) is 0 Å². The molecule has 0 bridgehead atoms. The second-order valence-electron chi connectivity index (χ2n) is 5.30. The molecule has 5 heteroatoms. The average molecular weight is 276 g/mol. The van der Waals surface area contributed by atoms with Gasteiger partial charge >= 0.3 is 0 Å². The van der Waals surface area contributed by atoms with Crippen LogP contribution < -0.4 is 5.32 Å². The van der Waals surface area contributed by atoms with Gasteiger partial charge in [-0.3, -0.25) is 4.90 Å². The lowest BCUT2D eigenvalue weighted by Crippen LogP contribution is -2.42. The molecule has 1 saturated heterocycles. The fourth-order valence-electron chi connectivity index (χ4n) is 2.34. The molecule has 0 saturated carbocycles. The minimum atomic E-state index is -2.78. The van der Waals surface area contributed by atoms with Crippen LogP contribution in [0.15, 0.2) is 0 Å². The summed E-state index contributed by atoms with van der Waals surface area (Å²) in [5, 5.41) is 3.47. The predicted octanol–water partition coefficient (Wildman–Crippen LogP) is 1.28. The number of hydrogen-bond acceptors (Lipinski definition) is 4. The molecule has 1 fully saturated rings. The molecule has 1 N–H and O–H groups in total. The van der Waals surface area contributed by atoms with Crippen molar-refractivity contribution < 1.29 is 8.42 Å². The van der Waals surface area contributed by atoms with Crippen molar-refractivity contribution in [2.45, 2.75) is 45.6 Å². The van der Waals surface area contributed by atoms with Crippen LogP contribution in [0, 0.1) is 0 Å². The second kappa shape index (κ2) is 8.12. The molecule has 1 aliphatic rings.